The standard InChI is InChI=1S/C18H23N3O5S/c1-5-11(6-2)17-20-21-18(27-17)19-16(23)12-7-8-13(24-3)14(9-12)26-10-15(22)25-4/h7-9,11H,5-6,10H2,1-4H3,(H,19,21,23). The van der Waals surface area contributed by atoms with Gasteiger partial charge in [0.25, 0.3) is 5.91 Å². The molecule has 0 saturated heterocycles. The molecular weight excluding hydrogens is 370 g/mol. The third-order valence-electron chi connectivity index (χ3n) is 3.99. The average molecular weight is 393 g/mol. The Morgan fingerprint density at radius 1 is 1.15 bits per heavy atom. The van der Waals surface area contributed by atoms with Crippen LogP contribution in [0.1, 0.15) is 48.0 Å². The topological polar surface area (TPSA) is 99.6 Å². The number of carbonyl (C=O) groups excluding carboxylic acids is 2. The Labute approximate surface area is 161 Å². The molecule has 0 fully saturated rings. The quantitative estimate of drug-likeness (QED) is 0.653. The molecule has 1 heterocycles. The van der Waals surface area contributed by atoms with Crippen molar-refractivity contribution in [3.8, 4) is 11.5 Å². The number of esters is 1. The Kier molecular flexibility index (Phi) is 7.54. The summed E-state index contributed by atoms with van der Waals surface area (Å²) in [7, 11) is 2.74. The van der Waals surface area contributed by atoms with Crippen molar-refractivity contribution < 1.29 is 23.8 Å². The van der Waals surface area contributed by atoms with Gasteiger partial charge in [-0.3, -0.25) is 10.1 Å². The van der Waals surface area contributed by atoms with E-state index in [9.17, 15) is 9.59 Å². The minimum atomic E-state index is -0.533. The van der Waals surface area contributed by atoms with Crippen LogP contribution in [0.2, 0.25) is 0 Å². The van der Waals surface area contributed by atoms with Gasteiger partial charge in [-0.25, -0.2) is 4.79 Å². The summed E-state index contributed by atoms with van der Waals surface area (Å²) in [6.07, 6.45) is 1.94. The number of ether oxygens (including phenoxy) is 3. The minimum Gasteiger partial charge on any atom is -0.493 e. The highest BCUT2D eigenvalue weighted by atomic mass is 32.1. The molecule has 1 aromatic heterocycles. The van der Waals surface area contributed by atoms with Crippen LogP contribution in [0.3, 0.4) is 0 Å². The fourth-order valence-corrected chi connectivity index (χ4v) is 3.39. The molecule has 9 heteroatoms. The van der Waals surface area contributed by atoms with Gasteiger partial charge in [0.1, 0.15) is 5.01 Å². The number of amides is 1. The summed E-state index contributed by atoms with van der Waals surface area (Å²) in [5.41, 5.74) is 0.343. The van der Waals surface area contributed by atoms with Crippen molar-refractivity contribution in [2.24, 2.45) is 0 Å². The van der Waals surface area contributed by atoms with E-state index in [-0.39, 0.29) is 18.3 Å². The van der Waals surface area contributed by atoms with Crippen LogP contribution < -0.4 is 14.8 Å². The first-order chi connectivity index (χ1) is 13.0. The Balaban J connectivity index is 2.12. The smallest absolute Gasteiger partial charge is 0.343 e. The Morgan fingerprint density at radius 3 is 2.52 bits per heavy atom. The number of carbonyl (C=O) groups is 2. The number of nitrogens with zero attached hydrogens (tertiary/aromatic N) is 2. The molecule has 0 saturated carbocycles. The maximum absolute atomic E-state index is 12.5. The second-order valence-corrected chi connectivity index (χ2v) is 6.65. The van der Waals surface area contributed by atoms with Crippen LogP contribution in [-0.4, -0.2) is 42.9 Å². The van der Waals surface area contributed by atoms with Crippen molar-refractivity contribution in [1.82, 2.24) is 10.2 Å². The SMILES string of the molecule is CCC(CC)c1nnc(NC(=O)c2ccc(OC)c(OCC(=O)OC)c2)s1. The zero-order valence-corrected chi connectivity index (χ0v) is 16.6. The summed E-state index contributed by atoms with van der Waals surface area (Å²) in [5, 5.41) is 12.3. The van der Waals surface area contributed by atoms with Crippen LogP contribution in [-0.2, 0) is 9.53 Å². The van der Waals surface area contributed by atoms with Gasteiger partial charge in [-0.2, -0.15) is 0 Å². The summed E-state index contributed by atoms with van der Waals surface area (Å²) >= 11 is 1.37. The lowest BCUT2D eigenvalue weighted by Crippen LogP contribution is -2.15. The van der Waals surface area contributed by atoms with E-state index in [0.717, 1.165) is 17.8 Å². The number of aromatic nitrogens is 2. The molecule has 1 aromatic carbocycles. The summed E-state index contributed by atoms with van der Waals surface area (Å²) in [4.78, 5) is 23.8. The Bertz CT molecular complexity index is 789. The van der Waals surface area contributed by atoms with Gasteiger partial charge in [0.05, 0.1) is 14.2 Å². The molecule has 0 bridgehead atoms. The van der Waals surface area contributed by atoms with Gasteiger partial charge in [-0.05, 0) is 31.0 Å². The maximum atomic E-state index is 12.5. The van der Waals surface area contributed by atoms with Crippen molar-refractivity contribution in [2.45, 2.75) is 32.6 Å². The average Bonchev–Trinajstić information content (AvgIpc) is 3.14. The molecule has 0 spiro atoms. The summed E-state index contributed by atoms with van der Waals surface area (Å²) in [6, 6.07) is 4.69. The number of hydrogen-bond donors (Lipinski definition) is 1. The maximum Gasteiger partial charge on any atom is 0.343 e. The van der Waals surface area contributed by atoms with E-state index in [1.54, 1.807) is 12.1 Å². The van der Waals surface area contributed by atoms with Gasteiger partial charge in [0.2, 0.25) is 5.13 Å². The third-order valence-corrected chi connectivity index (χ3v) is 5.00. The fourth-order valence-electron chi connectivity index (χ4n) is 2.38. The molecule has 1 N–H and O–H groups in total. The van der Waals surface area contributed by atoms with E-state index in [1.807, 2.05) is 0 Å². The van der Waals surface area contributed by atoms with Gasteiger partial charge < -0.3 is 14.2 Å². The van der Waals surface area contributed by atoms with Crippen molar-refractivity contribution in [3.05, 3.63) is 28.8 Å². The first-order valence-corrected chi connectivity index (χ1v) is 9.36. The summed E-state index contributed by atoms with van der Waals surface area (Å²) in [5.74, 6) is 0.128. The van der Waals surface area contributed by atoms with E-state index >= 15 is 0 Å². The molecule has 27 heavy (non-hydrogen) atoms. The van der Waals surface area contributed by atoms with Crippen molar-refractivity contribution in [2.75, 3.05) is 26.1 Å². The number of methoxy groups -OCH3 is 2. The zero-order valence-electron chi connectivity index (χ0n) is 15.8. The lowest BCUT2D eigenvalue weighted by Gasteiger charge is -2.11. The number of nitrogens with one attached hydrogen (secondary N) is 1. The van der Waals surface area contributed by atoms with E-state index in [0.29, 0.717) is 22.4 Å². The molecule has 0 aliphatic rings. The van der Waals surface area contributed by atoms with Crippen LogP contribution in [0.5, 0.6) is 11.5 Å². The molecule has 2 aromatic rings. The Morgan fingerprint density at radius 2 is 1.89 bits per heavy atom. The lowest BCUT2D eigenvalue weighted by molar-refractivity contribution is -0.142. The first kappa shape index (κ1) is 20.6. The molecule has 0 unspecified atom stereocenters. The van der Waals surface area contributed by atoms with Gasteiger partial charge in [-0.15, -0.1) is 10.2 Å². The van der Waals surface area contributed by atoms with Crippen LogP contribution in [0.4, 0.5) is 5.13 Å². The van der Waals surface area contributed by atoms with Gasteiger partial charge >= 0.3 is 5.97 Å². The first-order valence-electron chi connectivity index (χ1n) is 8.54. The second-order valence-electron chi connectivity index (χ2n) is 5.64. The molecule has 2 rings (SSSR count). The minimum absolute atomic E-state index is 0.269. The summed E-state index contributed by atoms with van der Waals surface area (Å²) < 4.78 is 15.1. The van der Waals surface area contributed by atoms with Crippen LogP contribution in [0, 0.1) is 0 Å². The van der Waals surface area contributed by atoms with Gasteiger partial charge in [-0.1, -0.05) is 25.2 Å². The Hall–Kier alpha value is -2.68. The number of anilines is 1. The van der Waals surface area contributed by atoms with Crippen LogP contribution in [0.25, 0.3) is 0 Å². The van der Waals surface area contributed by atoms with E-state index in [1.165, 1.54) is 31.6 Å². The number of rotatable bonds is 9. The third kappa shape index (κ3) is 5.40. The van der Waals surface area contributed by atoms with E-state index in [2.05, 4.69) is 34.1 Å². The van der Waals surface area contributed by atoms with Crippen molar-refractivity contribution in [1.29, 1.82) is 0 Å². The predicted molar refractivity (Wildman–Crippen MR) is 102 cm³/mol. The molecule has 1 amide bonds. The van der Waals surface area contributed by atoms with Crippen LogP contribution in [0.15, 0.2) is 18.2 Å². The van der Waals surface area contributed by atoms with E-state index < -0.39 is 5.97 Å². The molecule has 0 aliphatic carbocycles. The van der Waals surface area contributed by atoms with Gasteiger partial charge in [0.15, 0.2) is 18.1 Å². The normalized spacial score (nSPS) is 10.6. The fraction of sp³-hybridized carbons (Fsp3) is 0.444. The van der Waals surface area contributed by atoms with Crippen molar-refractivity contribution in [3.63, 3.8) is 0 Å². The second kappa shape index (κ2) is 9.86. The molecule has 8 nitrogen and oxygen atoms in total. The molecule has 146 valence electrons. The number of hydrogen-bond acceptors (Lipinski definition) is 8. The number of benzene rings is 1. The van der Waals surface area contributed by atoms with Crippen molar-refractivity contribution >= 4 is 28.3 Å². The largest absolute Gasteiger partial charge is 0.493 e. The predicted octanol–water partition coefficient (Wildman–Crippen LogP) is 3.25. The highest BCUT2D eigenvalue weighted by Gasteiger charge is 2.17. The lowest BCUT2D eigenvalue weighted by atomic mass is 10.1. The highest BCUT2D eigenvalue weighted by Crippen LogP contribution is 2.30. The van der Waals surface area contributed by atoms with E-state index in [4.69, 9.17) is 9.47 Å². The highest BCUT2D eigenvalue weighted by molar-refractivity contribution is 7.15. The summed E-state index contributed by atoms with van der Waals surface area (Å²) in [6.45, 7) is 3.91. The monoisotopic (exact) mass is 393 g/mol. The molecule has 0 atom stereocenters. The molecule has 0 aliphatic heterocycles. The molecule has 0 radical (unpaired) electrons. The zero-order chi connectivity index (χ0) is 19.8. The van der Waals surface area contributed by atoms with Gasteiger partial charge in [0, 0.05) is 11.5 Å². The molecular formula is C18H23N3O5S. The van der Waals surface area contributed by atoms with Crippen LogP contribution >= 0.6 is 11.3 Å².